The number of aliphatic hydroxyl groups is 1. The molecular weight excluding hydrogens is 348 g/mol. The lowest BCUT2D eigenvalue weighted by Crippen LogP contribution is -2.49. The van der Waals surface area contributed by atoms with Crippen LogP contribution in [0.1, 0.15) is 36.5 Å². The van der Waals surface area contributed by atoms with E-state index in [0.717, 1.165) is 10.9 Å². The van der Waals surface area contributed by atoms with E-state index in [2.05, 4.69) is 21.2 Å². The predicted molar refractivity (Wildman–Crippen MR) is 87.5 cm³/mol. The lowest BCUT2D eigenvalue weighted by molar-refractivity contribution is -0.125. The Morgan fingerprint density at radius 1 is 1.41 bits per heavy atom. The molecule has 1 saturated heterocycles. The number of aliphatic hydroxyl groups excluding tert-OH is 1. The van der Waals surface area contributed by atoms with Gasteiger partial charge < -0.3 is 15.3 Å². The quantitative estimate of drug-likeness (QED) is 0.834. The first-order chi connectivity index (χ1) is 10.6. The van der Waals surface area contributed by atoms with E-state index in [1.165, 1.54) is 0 Å². The van der Waals surface area contributed by atoms with Crippen LogP contribution in [0.25, 0.3) is 0 Å². The van der Waals surface area contributed by atoms with E-state index >= 15 is 0 Å². The van der Waals surface area contributed by atoms with Crippen LogP contribution in [-0.4, -0.2) is 47.1 Å². The van der Waals surface area contributed by atoms with E-state index in [-0.39, 0.29) is 24.5 Å². The summed E-state index contributed by atoms with van der Waals surface area (Å²) in [5.74, 6) is -0.300. The Bertz CT molecular complexity index is 529. The molecule has 0 aromatic heterocycles. The molecule has 0 spiro atoms. The van der Waals surface area contributed by atoms with Crippen molar-refractivity contribution in [3.8, 4) is 0 Å². The molecule has 0 radical (unpaired) electrons. The Hall–Kier alpha value is -1.40. The molecule has 6 heteroatoms. The van der Waals surface area contributed by atoms with Crippen molar-refractivity contribution in [2.45, 2.75) is 38.3 Å². The van der Waals surface area contributed by atoms with E-state index in [0.29, 0.717) is 24.9 Å². The summed E-state index contributed by atoms with van der Waals surface area (Å²) in [5.41, 5.74) is 0.581. The topological polar surface area (TPSA) is 69.6 Å². The fourth-order valence-corrected chi connectivity index (χ4v) is 2.88. The Balaban J connectivity index is 2.08. The first-order valence-corrected chi connectivity index (χ1v) is 8.34. The number of rotatable bonds is 5. The SMILES string of the molecule is CCC(CO)NC(=O)C1CCCN1C(=O)c1ccc(Br)cc1. The van der Waals surface area contributed by atoms with Gasteiger partial charge in [-0.3, -0.25) is 9.59 Å². The van der Waals surface area contributed by atoms with Gasteiger partial charge >= 0.3 is 0 Å². The smallest absolute Gasteiger partial charge is 0.254 e. The van der Waals surface area contributed by atoms with Crippen molar-refractivity contribution in [1.29, 1.82) is 0 Å². The lowest BCUT2D eigenvalue weighted by Gasteiger charge is -2.26. The molecule has 120 valence electrons. The lowest BCUT2D eigenvalue weighted by atomic mass is 10.1. The summed E-state index contributed by atoms with van der Waals surface area (Å²) in [4.78, 5) is 26.6. The van der Waals surface area contributed by atoms with Crippen LogP contribution in [0.5, 0.6) is 0 Å². The van der Waals surface area contributed by atoms with Crippen molar-refractivity contribution in [2.24, 2.45) is 0 Å². The number of likely N-dealkylation sites (tertiary alicyclic amines) is 1. The van der Waals surface area contributed by atoms with Gasteiger partial charge in [0.1, 0.15) is 6.04 Å². The monoisotopic (exact) mass is 368 g/mol. The Morgan fingerprint density at radius 2 is 2.09 bits per heavy atom. The molecule has 0 bridgehead atoms. The third-order valence-electron chi connectivity index (χ3n) is 3.97. The summed E-state index contributed by atoms with van der Waals surface area (Å²) in [5, 5.41) is 12.0. The maximum atomic E-state index is 12.6. The standard InChI is InChI=1S/C16H21BrN2O3/c1-2-13(10-20)18-15(21)14-4-3-9-19(14)16(22)11-5-7-12(17)8-6-11/h5-8,13-14,20H,2-4,9-10H2,1H3,(H,18,21). The molecule has 2 atom stereocenters. The third-order valence-corrected chi connectivity index (χ3v) is 4.50. The van der Waals surface area contributed by atoms with Gasteiger partial charge in [-0.1, -0.05) is 22.9 Å². The van der Waals surface area contributed by atoms with E-state index in [9.17, 15) is 14.7 Å². The van der Waals surface area contributed by atoms with Gasteiger partial charge in [-0.2, -0.15) is 0 Å². The largest absolute Gasteiger partial charge is 0.394 e. The second-order valence-electron chi connectivity index (χ2n) is 5.46. The Kier molecular flexibility index (Phi) is 5.97. The number of nitrogens with zero attached hydrogens (tertiary/aromatic N) is 1. The fourth-order valence-electron chi connectivity index (χ4n) is 2.61. The summed E-state index contributed by atoms with van der Waals surface area (Å²) in [6.07, 6.45) is 2.14. The molecule has 2 unspecified atom stereocenters. The van der Waals surface area contributed by atoms with Crippen molar-refractivity contribution in [1.82, 2.24) is 10.2 Å². The zero-order valence-corrected chi connectivity index (χ0v) is 14.2. The molecule has 2 N–H and O–H groups in total. The highest BCUT2D eigenvalue weighted by molar-refractivity contribution is 9.10. The molecule has 1 fully saturated rings. The summed E-state index contributed by atoms with van der Waals surface area (Å²) >= 11 is 3.34. The number of hydrogen-bond acceptors (Lipinski definition) is 3. The molecule has 1 aromatic carbocycles. The van der Waals surface area contributed by atoms with Gasteiger partial charge in [0.25, 0.3) is 5.91 Å². The first-order valence-electron chi connectivity index (χ1n) is 7.54. The second-order valence-corrected chi connectivity index (χ2v) is 6.38. The predicted octanol–water partition coefficient (Wildman–Crippen LogP) is 1.94. The maximum absolute atomic E-state index is 12.6. The zero-order valence-electron chi connectivity index (χ0n) is 12.6. The second kappa shape index (κ2) is 7.74. The molecule has 22 heavy (non-hydrogen) atoms. The van der Waals surface area contributed by atoms with Crippen LogP contribution in [-0.2, 0) is 4.79 Å². The van der Waals surface area contributed by atoms with Crippen molar-refractivity contribution in [2.75, 3.05) is 13.2 Å². The van der Waals surface area contributed by atoms with Gasteiger partial charge in [-0.05, 0) is 43.5 Å². The molecule has 1 aliphatic heterocycles. The van der Waals surface area contributed by atoms with Gasteiger partial charge in [-0.15, -0.1) is 0 Å². The number of carbonyl (C=O) groups is 2. The van der Waals surface area contributed by atoms with E-state index in [4.69, 9.17) is 0 Å². The molecule has 5 nitrogen and oxygen atoms in total. The number of nitrogens with one attached hydrogen (secondary N) is 1. The van der Waals surface area contributed by atoms with Gasteiger partial charge in [0.05, 0.1) is 12.6 Å². The van der Waals surface area contributed by atoms with E-state index in [1.54, 1.807) is 17.0 Å². The summed E-state index contributed by atoms with van der Waals surface area (Å²) < 4.78 is 0.911. The summed E-state index contributed by atoms with van der Waals surface area (Å²) in [6.45, 7) is 2.40. The Morgan fingerprint density at radius 3 is 2.68 bits per heavy atom. The van der Waals surface area contributed by atoms with Crippen LogP contribution in [0.15, 0.2) is 28.7 Å². The van der Waals surface area contributed by atoms with Crippen molar-refractivity contribution >= 4 is 27.7 Å². The van der Waals surface area contributed by atoms with Crippen LogP contribution in [0, 0.1) is 0 Å². The highest BCUT2D eigenvalue weighted by Gasteiger charge is 2.35. The fraction of sp³-hybridized carbons (Fsp3) is 0.500. The van der Waals surface area contributed by atoms with Crippen molar-refractivity contribution in [3.63, 3.8) is 0 Å². The molecule has 1 aliphatic rings. The van der Waals surface area contributed by atoms with Crippen LogP contribution < -0.4 is 5.32 Å². The minimum atomic E-state index is -0.447. The highest BCUT2D eigenvalue weighted by atomic mass is 79.9. The average molecular weight is 369 g/mol. The van der Waals surface area contributed by atoms with Crippen LogP contribution in [0.4, 0.5) is 0 Å². The van der Waals surface area contributed by atoms with E-state index in [1.807, 2.05) is 19.1 Å². The number of halogens is 1. The first kappa shape index (κ1) is 17.0. The number of amides is 2. The molecule has 1 aromatic rings. The minimum absolute atomic E-state index is 0.0877. The molecule has 0 saturated carbocycles. The van der Waals surface area contributed by atoms with E-state index < -0.39 is 6.04 Å². The van der Waals surface area contributed by atoms with Crippen LogP contribution in [0.3, 0.4) is 0 Å². The van der Waals surface area contributed by atoms with Crippen LogP contribution >= 0.6 is 15.9 Å². The number of hydrogen-bond donors (Lipinski definition) is 2. The van der Waals surface area contributed by atoms with Gasteiger partial charge in [0.15, 0.2) is 0 Å². The minimum Gasteiger partial charge on any atom is -0.394 e. The normalized spacial score (nSPS) is 19.0. The number of benzene rings is 1. The molecule has 2 rings (SSSR count). The maximum Gasteiger partial charge on any atom is 0.254 e. The Labute approximate surface area is 138 Å². The van der Waals surface area contributed by atoms with Gasteiger partial charge in [0, 0.05) is 16.6 Å². The van der Waals surface area contributed by atoms with Gasteiger partial charge in [-0.25, -0.2) is 0 Å². The van der Waals surface area contributed by atoms with Crippen molar-refractivity contribution in [3.05, 3.63) is 34.3 Å². The zero-order chi connectivity index (χ0) is 16.1. The molecule has 0 aliphatic carbocycles. The molecule has 1 heterocycles. The third kappa shape index (κ3) is 3.87. The van der Waals surface area contributed by atoms with Crippen molar-refractivity contribution < 1.29 is 14.7 Å². The number of carbonyl (C=O) groups excluding carboxylic acids is 2. The van der Waals surface area contributed by atoms with Gasteiger partial charge in [0.2, 0.25) is 5.91 Å². The molecule has 2 amide bonds. The van der Waals surface area contributed by atoms with Crippen LogP contribution in [0.2, 0.25) is 0 Å². The summed E-state index contributed by atoms with van der Waals surface area (Å²) in [7, 11) is 0. The highest BCUT2D eigenvalue weighted by Crippen LogP contribution is 2.21. The molecular formula is C16H21BrN2O3. The summed E-state index contributed by atoms with van der Waals surface area (Å²) in [6, 6.07) is 6.44. The average Bonchev–Trinajstić information content (AvgIpc) is 3.02.